The normalized spacial score (nSPS) is 17.4. The number of allylic oxidation sites excluding steroid dienone is 3. The summed E-state index contributed by atoms with van der Waals surface area (Å²) in [4.78, 5) is 1.41. The molecular weight excluding hydrogens is 537 g/mol. The zero-order valence-electron chi connectivity index (χ0n) is 21.9. The van der Waals surface area contributed by atoms with E-state index in [2.05, 4.69) is 120 Å². The number of nitriles is 1. The van der Waals surface area contributed by atoms with Crippen molar-refractivity contribution in [2.75, 3.05) is 0 Å². The molecule has 0 saturated carbocycles. The van der Waals surface area contributed by atoms with Crippen LogP contribution in [0.15, 0.2) is 126 Å². The van der Waals surface area contributed by atoms with Gasteiger partial charge >= 0.3 is 0 Å². The lowest BCUT2D eigenvalue weighted by Gasteiger charge is -2.14. The maximum atomic E-state index is 9.67. The topological polar surface area (TPSA) is 28.7 Å². The van der Waals surface area contributed by atoms with E-state index >= 15 is 0 Å². The number of thioether (sulfide) groups is 1. The van der Waals surface area contributed by atoms with E-state index in [0.29, 0.717) is 16.7 Å². The average molecular weight is 559 g/mol. The van der Waals surface area contributed by atoms with E-state index in [4.69, 9.17) is 0 Å². The van der Waals surface area contributed by atoms with Gasteiger partial charge in [-0.15, -0.1) is 23.1 Å². The van der Waals surface area contributed by atoms with E-state index < -0.39 is 0 Å². The molecule has 2 aliphatic rings. The first kappa shape index (κ1) is 23.2. The fourth-order valence-corrected chi connectivity index (χ4v) is 9.38. The van der Waals surface area contributed by atoms with Crippen molar-refractivity contribution in [3.63, 3.8) is 0 Å². The highest BCUT2D eigenvalue weighted by Gasteiger charge is 2.32. The summed E-state index contributed by atoms with van der Waals surface area (Å²) in [5.41, 5.74) is 8.10. The van der Waals surface area contributed by atoms with Crippen LogP contribution in [-0.4, -0.2) is 9.82 Å². The zero-order valence-corrected chi connectivity index (χ0v) is 23.5. The predicted octanol–water partition coefficient (Wildman–Crippen LogP) is 10.4. The highest BCUT2D eigenvalue weighted by Crippen LogP contribution is 2.52. The van der Waals surface area contributed by atoms with Crippen LogP contribution in [0, 0.1) is 11.3 Å². The Morgan fingerprint density at radius 3 is 2.51 bits per heavy atom. The Morgan fingerprint density at radius 1 is 0.707 bits per heavy atom. The third-order valence-electron chi connectivity index (χ3n) is 8.57. The van der Waals surface area contributed by atoms with Gasteiger partial charge in [0.2, 0.25) is 0 Å². The van der Waals surface area contributed by atoms with E-state index in [9.17, 15) is 5.26 Å². The lowest BCUT2D eigenvalue weighted by atomic mass is 9.90. The number of benzene rings is 5. The van der Waals surface area contributed by atoms with Crippen molar-refractivity contribution in [2.24, 2.45) is 0 Å². The quantitative estimate of drug-likeness (QED) is 0.211. The Morgan fingerprint density at radius 2 is 1.56 bits per heavy atom. The summed E-state index contributed by atoms with van der Waals surface area (Å²) in [6.07, 6.45) is 9.05. The van der Waals surface area contributed by atoms with Crippen LogP contribution in [-0.2, 0) is 0 Å². The van der Waals surface area contributed by atoms with Gasteiger partial charge in [-0.2, -0.15) is 5.26 Å². The second-order valence-electron chi connectivity index (χ2n) is 10.8. The van der Waals surface area contributed by atoms with Gasteiger partial charge in [0.05, 0.1) is 33.1 Å². The molecule has 3 heterocycles. The van der Waals surface area contributed by atoms with Crippen molar-refractivity contribution in [3.8, 4) is 22.9 Å². The number of nitrogens with zero attached hydrogens (tertiary/aromatic N) is 2. The van der Waals surface area contributed by atoms with Gasteiger partial charge in [-0.25, -0.2) is 0 Å². The van der Waals surface area contributed by atoms with E-state index in [0.717, 1.165) is 16.7 Å². The fourth-order valence-electron chi connectivity index (χ4n) is 6.72. The number of fused-ring (bicyclic) bond motifs is 9. The molecular formula is C37H22N2S2. The molecule has 0 fully saturated rings. The maximum absolute atomic E-state index is 9.67. The molecule has 1 aliphatic heterocycles. The van der Waals surface area contributed by atoms with Crippen molar-refractivity contribution in [1.29, 1.82) is 5.26 Å². The van der Waals surface area contributed by atoms with E-state index in [1.165, 1.54) is 52.5 Å². The first-order valence-corrected chi connectivity index (χ1v) is 15.5. The summed E-state index contributed by atoms with van der Waals surface area (Å²) in [6.45, 7) is 0. The van der Waals surface area contributed by atoms with Crippen LogP contribution in [0.2, 0.25) is 0 Å². The average Bonchev–Trinajstić information content (AvgIpc) is 3.70. The second-order valence-corrected chi connectivity index (χ2v) is 13.0. The lowest BCUT2D eigenvalue weighted by molar-refractivity contribution is 0.881. The summed E-state index contributed by atoms with van der Waals surface area (Å²) in [7, 11) is 0. The molecule has 2 aromatic heterocycles. The van der Waals surface area contributed by atoms with Gasteiger partial charge in [0.1, 0.15) is 0 Å². The summed E-state index contributed by atoms with van der Waals surface area (Å²) in [5.74, 6) is 0.459. The van der Waals surface area contributed by atoms with Crippen LogP contribution in [0.5, 0.6) is 0 Å². The minimum atomic E-state index is 0.459. The molecule has 0 radical (unpaired) electrons. The summed E-state index contributed by atoms with van der Waals surface area (Å²) >= 11 is 3.85. The van der Waals surface area contributed by atoms with Crippen LogP contribution >= 0.6 is 23.1 Å². The Labute approximate surface area is 245 Å². The zero-order chi connectivity index (χ0) is 27.1. The molecule has 9 rings (SSSR count). The van der Waals surface area contributed by atoms with Crippen molar-refractivity contribution in [2.45, 2.75) is 16.1 Å². The van der Waals surface area contributed by atoms with Crippen molar-refractivity contribution >= 4 is 65.1 Å². The monoisotopic (exact) mass is 558 g/mol. The molecule has 0 amide bonds. The molecule has 0 bridgehead atoms. The minimum absolute atomic E-state index is 0.459. The van der Waals surface area contributed by atoms with Crippen molar-refractivity contribution < 1.29 is 0 Å². The summed E-state index contributed by atoms with van der Waals surface area (Å²) in [5, 5.41) is 15.1. The van der Waals surface area contributed by atoms with Gasteiger partial charge in [-0.3, -0.25) is 0 Å². The van der Waals surface area contributed by atoms with Crippen LogP contribution in [0.25, 0.3) is 58.8 Å². The van der Waals surface area contributed by atoms with E-state index in [-0.39, 0.29) is 0 Å². The highest BCUT2D eigenvalue weighted by atomic mass is 32.2. The lowest BCUT2D eigenvalue weighted by Crippen LogP contribution is -2.06. The van der Waals surface area contributed by atoms with Gasteiger partial charge in [0, 0.05) is 42.3 Å². The number of hydrogen-bond acceptors (Lipinski definition) is 3. The van der Waals surface area contributed by atoms with E-state index in [1.807, 2.05) is 35.2 Å². The number of hydrogen-bond donors (Lipinski definition) is 0. The summed E-state index contributed by atoms with van der Waals surface area (Å²) < 4.78 is 4.89. The minimum Gasteiger partial charge on any atom is -0.308 e. The molecule has 2 atom stereocenters. The molecule has 4 heteroatoms. The number of thiophene rings is 1. The molecule has 5 aromatic carbocycles. The van der Waals surface area contributed by atoms with Crippen LogP contribution < -0.4 is 0 Å². The maximum Gasteiger partial charge on any atom is 0.0992 e. The molecule has 7 aromatic rings. The summed E-state index contributed by atoms with van der Waals surface area (Å²) in [6, 6.07) is 37.3. The highest BCUT2D eigenvalue weighted by molar-refractivity contribution is 8.00. The molecule has 41 heavy (non-hydrogen) atoms. The van der Waals surface area contributed by atoms with E-state index in [1.54, 1.807) is 0 Å². The number of rotatable bonds is 2. The smallest absolute Gasteiger partial charge is 0.0992 e. The first-order valence-electron chi connectivity index (χ1n) is 13.8. The van der Waals surface area contributed by atoms with Gasteiger partial charge in [-0.05, 0) is 53.1 Å². The second kappa shape index (κ2) is 8.72. The van der Waals surface area contributed by atoms with Crippen LogP contribution in [0.3, 0.4) is 0 Å². The van der Waals surface area contributed by atoms with Crippen molar-refractivity contribution in [3.05, 3.63) is 132 Å². The molecule has 192 valence electrons. The molecule has 2 unspecified atom stereocenters. The number of para-hydroxylation sites is 1. The van der Waals surface area contributed by atoms with Gasteiger partial charge in [-0.1, -0.05) is 85.0 Å². The molecule has 0 saturated heterocycles. The number of aromatic nitrogens is 1. The van der Waals surface area contributed by atoms with Crippen molar-refractivity contribution in [1.82, 2.24) is 4.57 Å². The SMILES string of the molecule is N#Cc1ccc2c3ccccc3n(-c3cccc4c3sc3ccc(-c5cccc6c5SC5C=CC=CC65)cc34)c2c1. The van der Waals surface area contributed by atoms with Crippen LogP contribution in [0.4, 0.5) is 0 Å². The molecule has 0 spiro atoms. The fraction of sp³-hybridized carbons (Fsp3) is 0.0541. The van der Waals surface area contributed by atoms with Gasteiger partial charge in [0.15, 0.2) is 0 Å². The largest absolute Gasteiger partial charge is 0.308 e. The third-order valence-corrected chi connectivity index (χ3v) is 11.2. The Balaban J connectivity index is 1.27. The first-order chi connectivity index (χ1) is 20.3. The molecule has 2 nitrogen and oxygen atoms in total. The third kappa shape index (κ3) is 3.31. The van der Waals surface area contributed by atoms with Gasteiger partial charge < -0.3 is 4.57 Å². The standard InChI is InChI=1S/C37H22N2S2/c38-21-22-15-17-26-25-7-1-3-12-31(25)39(33(26)19-22)32-13-6-11-29-30-20-23(16-18-35(30)41-37(29)32)24-9-5-10-28-27-8-2-4-14-34(27)40-36(24)28/h1-20,27,34H. The van der Waals surface area contributed by atoms with Gasteiger partial charge in [0.25, 0.3) is 0 Å². The Hall–Kier alpha value is -4.56. The molecule has 0 N–H and O–H groups in total. The predicted molar refractivity (Wildman–Crippen MR) is 174 cm³/mol. The van der Waals surface area contributed by atoms with Crippen LogP contribution in [0.1, 0.15) is 17.0 Å². The Kier molecular flexibility index (Phi) is 4.93. The molecule has 1 aliphatic carbocycles. The Bertz CT molecular complexity index is 2330.